The summed E-state index contributed by atoms with van der Waals surface area (Å²) in [4.78, 5) is 11.8. The van der Waals surface area contributed by atoms with Crippen molar-refractivity contribution in [3.8, 4) is 0 Å². The highest BCUT2D eigenvalue weighted by Gasteiger charge is 1.87. The van der Waals surface area contributed by atoms with E-state index in [0.29, 0.717) is 0 Å². The van der Waals surface area contributed by atoms with Crippen molar-refractivity contribution in [3.05, 3.63) is 0 Å². The molecule has 0 saturated heterocycles. The van der Waals surface area contributed by atoms with E-state index in [0.717, 1.165) is 25.9 Å². The summed E-state index contributed by atoms with van der Waals surface area (Å²) in [7, 11) is 4.03. The smallest absolute Gasteiger partial charge is 0.207 e. The standard InChI is InChI=1S/C6H14N2O.ClH/c1-8(2)5-3-4-7-6-9;/h6H,3-5H2,1-2H3,(H,7,9);1H. The van der Waals surface area contributed by atoms with Gasteiger partial charge in [0.15, 0.2) is 0 Å². The molecule has 0 aliphatic heterocycles. The average Bonchev–Trinajstić information content (AvgIpc) is 1.80. The maximum Gasteiger partial charge on any atom is 0.207 e. The summed E-state index contributed by atoms with van der Waals surface area (Å²) in [6, 6.07) is 0. The average molecular weight is 167 g/mol. The highest BCUT2D eigenvalue weighted by Crippen LogP contribution is 1.78. The fourth-order valence-corrected chi connectivity index (χ4v) is 0.556. The molecule has 10 heavy (non-hydrogen) atoms. The molecule has 0 aromatic carbocycles. The molecule has 1 N–H and O–H groups in total. The number of rotatable bonds is 5. The Morgan fingerprint density at radius 3 is 2.50 bits per heavy atom. The predicted molar refractivity (Wildman–Crippen MR) is 44.5 cm³/mol. The van der Waals surface area contributed by atoms with E-state index in [1.54, 1.807) is 0 Å². The molecule has 0 saturated carbocycles. The zero-order valence-electron chi connectivity index (χ0n) is 6.46. The quantitative estimate of drug-likeness (QED) is 0.465. The van der Waals surface area contributed by atoms with Crippen molar-refractivity contribution >= 4 is 18.8 Å². The summed E-state index contributed by atoms with van der Waals surface area (Å²) in [6.07, 6.45) is 1.75. The van der Waals surface area contributed by atoms with E-state index in [4.69, 9.17) is 0 Å². The highest BCUT2D eigenvalue weighted by atomic mass is 35.5. The molecule has 4 heteroatoms. The minimum absolute atomic E-state index is 0. The van der Waals surface area contributed by atoms with E-state index < -0.39 is 0 Å². The molecule has 0 fully saturated rings. The van der Waals surface area contributed by atoms with Crippen LogP contribution in [-0.4, -0.2) is 38.5 Å². The largest absolute Gasteiger partial charge is 0.359 e. The highest BCUT2D eigenvalue weighted by molar-refractivity contribution is 5.85. The molecule has 0 aliphatic rings. The molecule has 0 atom stereocenters. The van der Waals surface area contributed by atoms with Gasteiger partial charge in [0.2, 0.25) is 6.41 Å². The van der Waals surface area contributed by atoms with E-state index in [-0.39, 0.29) is 12.4 Å². The minimum Gasteiger partial charge on any atom is -0.359 e. The Morgan fingerprint density at radius 1 is 1.50 bits per heavy atom. The van der Waals surface area contributed by atoms with Gasteiger partial charge >= 0.3 is 0 Å². The van der Waals surface area contributed by atoms with E-state index >= 15 is 0 Å². The van der Waals surface area contributed by atoms with Gasteiger partial charge in [-0.05, 0) is 27.1 Å². The first-order valence-corrected chi connectivity index (χ1v) is 3.09. The first-order valence-electron chi connectivity index (χ1n) is 3.09. The third kappa shape index (κ3) is 10.7. The van der Waals surface area contributed by atoms with Crippen molar-refractivity contribution in [3.63, 3.8) is 0 Å². The van der Waals surface area contributed by atoms with Crippen LogP contribution < -0.4 is 5.32 Å². The lowest BCUT2D eigenvalue weighted by molar-refractivity contribution is -0.109. The first-order chi connectivity index (χ1) is 4.27. The van der Waals surface area contributed by atoms with Gasteiger partial charge < -0.3 is 10.2 Å². The maximum atomic E-state index is 9.72. The lowest BCUT2D eigenvalue weighted by atomic mass is 10.4. The Labute approximate surface area is 68.2 Å². The molecule has 0 aromatic rings. The van der Waals surface area contributed by atoms with E-state index in [2.05, 4.69) is 10.2 Å². The molecule has 0 bridgehead atoms. The van der Waals surface area contributed by atoms with Gasteiger partial charge in [0.05, 0.1) is 0 Å². The van der Waals surface area contributed by atoms with Crippen LogP contribution in [0.25, 0.3) is 0 Å². The van der Waals surface area contributed by atoms with Crippen LogP contribution in [0.4, 0.5) is 0 Å². The zero-order valence-corrected chi connectivity index (χ0v) is 7.28. The molecular weight excluding hydrogens is 152 g/mol. The summed E-state index contributed by atoms with van der Waals surface area (Å²) < 4.78 is 0. The van der Waals surface area contributed by atoms with E-state index in [1.165, 1.54) is 0 Å². The number of nitrogens with one attached hydrogen (secondary N) is 1. The summed E-state index contributed by atoms with van der Waals surface area (Å²) in [6.45, 7) is 1.81. The third-order valence-corrected chi connectivity index (χ3v) is 1.01. The second-order valence-corrected chi connectivity index (χ2v) is 2.23. The van der Waals surface area contributed by atoms with Gasteiger partial charge in [-0.2, -0.15) is 0 Å². The maximum absolute atomic E-state index is 9.72. The van der Waals surface area contributed by atoms with Crippen molar-refractivity contribution in [1.82, 2.24) is 10.2 Å². The molecule has 0 unspecified atom stereocenters. The van der Waals surface area contributed by atoms with Crippen molar-refractivity contribution in [1.29, 1.82) is 0 Å². The molecule has 0 aliphatic carbocycles. The number of carbonyl (C=O) groups excluding carboxylic acids is 1. The summed E-state index contributed by atoms with van der Waals surface area (Å²) in [5.41, 5.74) is 0. The molecule has 0 radical (unpaired) electrons. The number of nitrogens with zero attached hydrogens (tertiary/aromatic N) is 1. The molecule has 0 heterocycles. The van der Waals surface area contributed by atoms with Crippen LogP contribution in [0.5, 0.6) is 0 Å². The first kappa shape index (κ1) is 12.4. The van der Waals surface area contributed by atoms with E-state index in [9.17, 15) is 4.79 Å². The van der Waals surface area contributed by atoms with Gasteiger partial charge in [0.1, 0.15) is 0 Å². The second-order valence-electron chi connectivity index (χ2n) is 2.23. The van der Waals surface area contributed by atoms with Crippen LogP contribution in [-0.2, 0) is 4.79 Å². The van der Waals surface area contributed by atoms with Gasteiger partial charge in [-0.25, -0.2) is 0 Å². The molecule has 1 amide bonds. The van der Waals surface area contributed by atoms with Crippen LogP contribution in [0, 0.1) is 0 Å². The van der Waals surface area contributed by atoms with Crippen molar-refractivity contribution < 1.29 is 4.79 Å². The van der Waals surface area contributed by atoms with Crippen LogP contribution >= 0.6 is 12.4 Å². The van der Waals surface area contributed by atoms with Gasteiger partial charge in [-0.15, -0.1) is 12.4 Å². The fourth-order valence-electron chi connectivity index (χ4n) is 0.556. The monoisotopic (exact) mass is 166 g/mol. The van der Waals surface area contributed by atoms with Gasteiger partial charge in [-0.1, -0.05) is 0 Å². The third-order valence-electron chi connectivity index (χ3n) is 1.01. The van der Waals surface area contributed by atoms with Crippen LogP contribution in [0.1, 0.15) is 6.42 Å². The molecule has 0 spiro atoms. The zero-order chi connectivity index (χ0) is 7.11. The summed E-state index contributed by atoms with van der Waals surface area (Å²) in [5.74, 6) is 0. The SMILES string of the molecule is CN(C)CCCNC=O.Cl. The second kappa shape index (κ2) is 8.72. The molecule has 62 valence electrons. The Hall–Kier alpha value is -0.280. The minimum atomic E-state index is 0. The van der Waals surface area contributed by atoms with Crippen molar-refractivity contribution in [2.24, 2.45) is 0 Å². The fraction of sp³-hybridized carbons (Fsp3) is 0.833. The number of hydrogen-bond acceptors (Lipinski definition) is 2. The Bertz CT molecular complexity index is 78.1. The number of hydrogen-bond donors (Lipinski definition) is 1. The van der Waals surface area contributed by atoms with Gasteiger partial charge in [0, 0.05) is 6.54 Å². The van der Waals surface area contributed by atoms with Crippen LogP contribution in [0.3, 0.4) is 0 Å². The number of amides is 1. The number of halogens is 1. The predicted octanol–water partition coefficient (Wildman–Crippen LogP) is 0.106. The van der Waals surface area contributed by atoms with E-state index in [1.807, 2.05) is 14.1 Å². The van der Waals surface area contributed by atoms with Crippen LogP contribution in [0.15, 0.2) is 0 Å². The van der Waals surface area contributed by atoms with Crippen LogP contribution in [0.2, 0.25) is 0 Å². The van der Waals surface area contributed by atoms with Crippen molar-refractivity contribution in [2.75, 3.05) is 27.2 Å². The molecule has 0 aromatic heterocycles. The normalized spacial score (nSPS) is 8.70. The Morgan fingerprint density at radius 2 is 2.10 bits per heavy atom. The Kier molecular flexibility index (Phi) is 10.8. The molecular formula is C6H15ClN2O. The number of carbonyl (C=O) groups is 1. The van der Waals surface area contributed by atoms with Crippen molar-refractivity contribution in [2.45, 2.75) is 6.42 Å². The topological polar surface area (TPSA) is 32.3 Å². The lowest BCUT2D eigenvalue weighted by Gasteiger charge is -2.07. The molecule has 0 rings (SSSR count). The lowest BCUT2D eigenvalue weighted by Crippen LogP contribution is -2.19. The van der Waals surface area contributed by atoms with Gasteiger partial charge in [0.25, 0.3) is 0 Å². The molecule has 3 nitrogen and oxygen atoms in total. The summed E-state index contributed by atoms with van der Waals surface area (Å²) >= 11 is 0. The Balaban J connectivity index is 0. The summed E-state index contributed by atoms with van der Waals surface area (Å²) in [5, 5.41) is 2.60. The van der Waals surface area contributed by atoms with Gasteiger partial charge in [-0.3, -0.25) is 4.79 Å².